The summed E-state index contributed by atoms with van der Waals surface area (Å²) in [5, 5.41) is 4.87. The average Bonchev–Trinajstić information content (AvgIpc) is 2.61. The fourth-order valence-electron chi connectivity index (χ4n) is 2.49. The van der Waals surface area contributed by atoms with E-state index in [4.69, 9.17) is 10.5 Å². The van der Waals surface area contributed by atoms with Gasteiger partial charge in [-0.1, -0.05) is 36.4 Å². The van der Waals surface area contributed by atoms with Crippen LogP contribution in [-0.2, 0) is 4.79 Å². The molecule has 5 heteroatoms. The molecule has 3 rings (SSSR count). The summed E-state index contributed by atoms with van der Waals surface area (Å²) in [6.07, 6.45) is -0.696. The van der Waals surface area contributed by atoms with Crippen molar-refractivity contribution in [1.29, 1.82) is 0 Å². The Labute approximate surface area is 145 Å². The van der Waals surface area contributed by atoms with Gasteiger partial charge in [-0.2, -0.15) is 0 Å². The summed E-state index contributed by atoms with van der Waals surface area (Å²) in [5.41, 5.74) is 6.07. The molecular formula is C20H18N2O3. The molecule has 0 spiro atoms. The Morgan fingerprint density at radius 2 is 1.72 bits per heavy atom. The van der Waals surface area contributed by atoms with Gasteiger partial charge in [-0.05, 0) is 48.0 Å². The van der Waals surface area contributed by atoms with Crippen molar-refractivity contribution in [1.82, 2.24) is 0 Å². The third-order valence-electron chi connectivity index (χ3n) is 3.82. The highest BCUT2D eigenvalue weighted by Crippen LogP contribution is 2.21. The lowest BCUT2D eigenvalue weighted by atomic mass is 10.1. The highest BCUT2D eigenvalue weighted by atomic mass is 16.5. The molecule has 0 heterocycles. The van der Waals surface area contributed by atoms with Gasteiger partial charge in [0.25, 0.3) is 5.91 Å². The predicted octanol–water partition coefficient (Wildman–Crippen LogP) is 3.34. The third kappa shape index (κ3) is 3.95. The number of rotatable bonds is 5. The molecule has 126 valence electrons. The topological polar surface area (TPSA) is 81.4 Å². The number of primary amides is 1. The van der Waals surface area contributed by atoms with Gasteiger partial charge in [0.05, 0.1) is 0 Å². The number of carbonyl (C=O) groups is 2. The number of benzene rings is 3. The van der Waals surface area contributed by atoms with E-state index in [9.17, 15) is 9.59 Å². The predicted molar refractivity (Wildman–Crippen MR) is 97.6 cm³/mol. The number of carbonyl (C=O) groups excluding carboxylic acids is 2. The average molecular weight is 334 g/mol. The van der Waals surface area contributed by atoms with Crippen LogP contribution in [0, 0.1) is 0 Å². The van der Waals surface area contributed by atoms with Gasteiger partial charge in [0.15, 0.2) is 6.10 Å². The van der Waals surface area contributed by atoms with Crippen LogP contribution in [0.5, 0.6) is 5.75 Å². The number of fused-ring (bicyclic) bond motifs is 1. The number of anilines is 1. The Morgan fingerprint density at radius 1 is 0.960 bits per heavy atom. The van der Waals surface area contributed by atoms with Crippen molar-refractivity contribution >= 4 is 28.3 Å². The second-order valence-corrected chi connectivity index (χ2v) is 5.70. The summed E-state index contributed by atoms with van der Waals surface area (Å²) < 4.78 is 5.73. The van der Waals surface area contributed by atoms with Crippen LogP contribution >= 0.6 is 0 Å². The van der Waals surface area contributed by atoms with Gasteiger partial charge >= 0.3 is 0 Å². The van der Waals surface area contributed by atoms with Crippen molar-refractivity contribution in [2.24, 2.45) is 5.73 Å². The van der Waals surface area contributed by atoms with Crippen molar-refractivity contribution < 1.29 is 14.3 Å². The third-order valence-corrected chi connectivity index (χ3v) is 3.82. The SMILES string of the molecule is CC(Oc1ccc2ccccc2c1)C(=O)Nc1cccc(C(N)=O)c1. The maximum absolute atomic E-state index is 12.3. The van der Waals surface area contributed by atoms with Gasteiger partial charge in [-0.15, -0.1) is 0 Å². The molecular weight excluding hydrogens is 316 g/mol. The van der Waals surface area contributed by atoms with E-state index < -0.39 is 12.0 Å². The molecule has 3 aromatic carbocycles. The fraction of sp³-hybridized carbons (Fsp3) is 0.100. The minimum absolute atomic E-state index is 0.310. The van der Waals surface area contributed by atoms with Crippen LogP contribution in [0.4, 0.5) is 5.69 Å². The van der Waals surface area contributed by atoms with Crippen molar-refractivity contribution in [3.63, 3.8) is 0 Å². The first-order valence-electron chi connectivity index (χ1n) is 7.89. The summed E-state index contributed by atoms with van der Waals surface area (Å²) >= 11 is 0. The first-order chi connectivity index (χ1) is 12.0. The maximum atomic E-state index is 12.3. The van der Waals surface area contributed by atoms with Gasteiger partial charge in [0.1, 0.15) is 5.75 Å². The Hall–Kier alpha value is -3.34. The minimum atomic E-state index is -0.696. The van der Waals surface area contributed by atoms with Gasteiger partial charge in [0.2, 0.25) is 5.91 Å². The van der Waals surface area contributed by atoms with Crippen molar-refractivity contribution in [2.75, 3.05) is 5.32 Å². The number of amides is 2. The normalized spacial score (nSPS) is 11.7. The van der Waals surface area contributed by atoms with E-state index in [2.05, 4.69) is 5.32 Å². The zero-order chi connectivity index (χ0) is 17.8. The molecule has 0 aliphatic heterocycles. The molecule has 2 amide bonds. The molecule has 1 unspecified atom stereocenters. The number of nitrogens with two attached hydrogens (primary N) is 1. The molecule has 0 aromatic heterocycles. The van der Waals surface area contributed by atoms with Crippen LogP contribution < -0.4 is 15.8 Å². The van der Waals surface area contributed by atoms with E-state index in [1.165, 1.54) is 6.07 Å². The molecule has 3 N–H and O–H groups in total. The van der Waals surface area contributed by atoms with E-state index in [0.29, 0.717) is 17.0 Å². The summed E-state index contributed by atoms with van der Waals surface area (Å²) in [6.45, 7) is 1.67. The first kappa shape index (κ1) is 16.5. The van der Waals surface area contributed by atoms with Crippen LogP contribution in [0.25, 0.3) is 10.8 Å². The molecule has 0 saturated heterocycles. The van der Waals surface area contributed by atoms with Crippen LogP contribution in [0.2, 0.25) is 0 Å². The van der Waals surface area contributed by atoms with Gasteiger partial charge < -0.3 is 15.8 Å². The summed E-state index contributed by atoms with van der Waals surface area (Å²) in [6, 6.07) is 20.1. The first-order valence-corrected chi connectivity index (χ1v) is 7.89. The van der Waals surface area contributed by atoms with Crippen molar-refractivity contribution in [3.8, 4) is 5.75 Å². The van der Waals surface area contributed by atoms with Gasteiger partial charge in [0, 0.05) is 11.3 Å². The standard InChI is InChI=1S/C20H18N2O3/c1-13(20(24)22-17-8-4-7-16(11-17)19(21)23)25-18-10-9-14-5-2-3-6-15(14)12-18/h2-13H,1H3,(H2,21,23)(H,22,24). The Balaban J connectivity index is 1.69. The highest BCUT2D eigenvalue weighted by Gasteiger charge is 2.15. The van der Waals surface area contributed by atoms with Crippen LogP contribution in [0.3, 0.4) is 0 Å². The van der Waals surface area contributed by atoms with Crippen LogP contribution in [-0.4, -0.2) is 17.9 Å². The molecule has 0 bridgehead atoms. The zero-order valence-electron chi connectivity index (χ0n) is 13.7. The molecule has 0 aliphatic rings. The number of nitrogens with one attached hydrogen (secondary N) is 1. The second kappa shape index (κ2) is 7.05. The van der Waals surface area contributed by atoms with Crippen molar-refractivity contribution in [3.05, 3.63) is 72.3 Å². The van der Waals surface area contributed by atoms with Crippen molar-refractivity contribution in [2.45, 2.75) is 13.0 Å². The summed E-state index contributed by atoms with van der Waals surface area (Å²) in [5.74, 6) is -0.237. The Morgan fingerprint density at radius 3 is 2.48 bits per heavy atom. The number of ether oxygens (including phenoxy) is 1. The lowest BCUT2D eigenvalue weighted by molar-refractivity contribution is -0.122. The lowest BCUT2D eigenvalue weighted by Gasteiger charge is -2.15. The van der Waals surface area contributed by atoms with E-state index in [1.54, 1.807) is 25.1 Å². The molecule has 1 atom stereocenters. The Kier molecular flexibility index (Phi) is 4.66. The molecule has 0 saturated carbocycles. The molecule has 0 radical (unpaired) electrons. The number of hydrogen-bond donors (Lipinski definition) is 2. The van der Waals surface area contributed by atoms with E-state index in [1.807, 2.05) is 42.5 Å². The summed E-state index contributed by atoms with van der Waals surface area (Å²) in [7, 11) is 0. The molecule has 0 aliphatic carbocycles. The monoisotopic (exact) mass is 334 g/mol. The highest BCUT2D eigenvalue weighted by molar-refractivity contribution is 5.97. The summed E-state index contributed by atoms with van der Waals surface area (Å²) in [4.78, 5) is 23.5. The van der Waals surface area contributed by atoms with Gasteiger partial charge in [-0.25, -0.2) is 0 Å². The minimum Gasteiger partial charge on any atom is -0.481 e. The Bertz CT molecular complexity index is 937. The number of hydrogen-bond acceptors (Lipinski definition) is 3. The fourth-order valence-corrected chi connectivity index (χ4v) is 2.49. The zero-order valence-corrected chi connectivity index (χ0v) is 13.7. The second-order valence-electron chi connectivity index (χ2n) is 5.70. The van der Waals surface area contributed by atoms with Crippen LogP contribution in [0.15, 0.2) is 66.7 Å². The van der Waals surface area contributed by atoms with E-state index in [0.717, 1.165) is 10.8 Å². The molecule has 5 nitrogen and oxygen atoms in total. The molecule has 3 aromatic rings. The van der Waals surface area contributed by atoms with Crippen LogP contribution in [0.1, 0.15) is 17.3 Å². The van der Waals surface area contributed by atoms with E-state index >= 15 is 0 Å². The maximum Gasteiger partial charge on any atom is 0.265 e. The van der Waals surface area contributed by atoms with Gasteiger partial charge in [-0.3, -0.25) is 9.59 Å². The molecule has 25 heavy (non-hydrogen) atoms. The largest absolute Gasteiger partial charge is 0.481 e. The molecule has 0 fully saturated rings. The smallest absolute Gasteiger partial charge is 0.265 e. The van der Waals surface area contributed by atoms with E-state index in [-0.39, 0.29) is 5.91 Å². The quantitative estimate of drug-likeness (QED) is 0.751. The lowest BCUT2D eigenvalue weighted by Crippen LogP contribution is -2.30.